The lowest BCUT2D eigenvalue weighted by Gasteiger charge is -2.09. The maximum absolute atomic E-state index is 5.18. The second-order valence-electron chi connectivity index (χ2n) is 10.9. The molecule has 9 aromatic rings. The Kier molecular flexibility index (Phi) is 5.37. The molecule has 0 spiro atoms. The average Bonchev–Trinajstić information content (AvgIpc) is 3.73. The third-order valence-corrected chi connectivity index (χ3v) is 9.38. The molecule has 0 saturated carbocycles. The minimum absolute atomic E-state index is 1.01. The molecule has 3 nitrogen and oxygen atoms in total. The summed E-state index contributed by atoms with van der Waals surface area (Å²) in [6.45, 7) is 0. The molecule has 0 fully saturated rings. The van der Waals surface area contributed by atoms with E-state index in [2.05, 4.69) is 161 Å². The van der Waals surface area contributed by atoms with Crippen LogP contribution in [0.15, 0.2) is 152 Å². The van der Waals surface area contributed by atoms with Crippen LogP contribution in [0.2, 0.25) is 0 Å². The van der Waals surface area contributed by atoms with Crippen LogP contribution in [0.1, 0.15) is 0 Å². The Morgan fingerprint density at radius 1 is 0.465 bits per heavy atom. The zero-order valence-electron chi connectivity index (χ0n) is 23.2. The number of hydrogen-bond acceptors (Lipinski definition) is 2. The Morgan fingerprint density at radius 2 is 1.09 bits per heavy atom. The highest BCUT2D eigenvalue weighted by Crippen LogP contribution is 2.40. The van der Waals surface area contributed by atoms with Crippen molar-refractivity contribution in [2.45, 2.75) is 0 Å². The summed E-state index contributed by atoms with van der Waals surface area (Å²) in [6, 6.07) is 54.2. The fourth-order valence-corrected chi connectivity index (χ4v) is 7.42. The van der Waals surface area contributed by atoms with Gasteiger partial charge in [-0.1, -0.05) is 121 Å². The van der Waals surface area contributed by atoms with Crippen molar-refractivity contribution in [2.75, 3.05) is 0 Å². The van der Waals surface area contributed by atoms with Crippen LogP contribution in [-0.4, -0.2) is 14.0 Å². The molecule has 0 aliphatic carbocycles. The van der Waals surface area contributed by atoms with Gasteiger partial charge in [-0.05, 0) is 53.6 Å². The summed E-state index contributed by atoms with van der Waals surface area (Å²) in [4.78, 5) is 6.19. The Hall–Kier alpha value is -5.45. The summed E-state index contributed by atoms with van der Waals surface area (Å²) < 4.78 is 5.94. The summed E-state index contributed by atoms with van der Waals surface area (Å²) in [5.74, 6) is 0. The highest BCUT2D eigenvalue weighted by molar-refractivity contribution is 7.23. The topological polar surface area (TPSA) is 22.2 Å². The van der Waals surface area contributed by atoms with Gasteiger partial charge in [-0.3, -0.25) is 4.40 Å². The second kappa shape index (κ2) is 9.55. The number of fused-ring (bicyclic) bond motifs is 6. The SMILES string of the molecule is c1ccc(-c2nc3sc4ccc(-c5ccc6c(c5)c5ccccc5n6-c5ccccc5)cc4n3c2-c2ccccc2)cc1. The molecule has 0 atom stereocenters. The third kappa shape index (κ3) is 3.77. The van der Waals surface area contributed by atoms with Gasteiger partial charge in [0.05, 0.1) is 32.6 Å². The smallest absolute Gasteiger partial charge is 0.195 e. The fourth-order valence-electron chi connectivity index (χ4n) is 6.42. The van der Waals surface area contributed by atoms with Crippen LogP contribution in [0.3, 0.4) is 0 Å². The van der Waals surface area contributed by atoms with E-state index in [1.165, 1.54) is 48.8 Å². The van der Waals surface area contributed by atoms with Gasteiger partial charge in [0.1, 0.15) is 0 Å². The van der Waals surface area contributed by atoms with Crippen LogP contribution in [0.5, 0.6) is 0 Å². The predicted octanol–water partition coefficient (Wildman–Crippen LogP) is 10.6. The van der Waals surface area contributed by atoms with Crippen molar-refractivity contribution in [1.82, 2.24) is 14.0 Å². The van der Waals surface area contributed by atoms with Gasteiger partial charge >= 0.3 is 0 Å². The summed E-state index contributed by atoms with van der Waals surface area (Å²) in [6.07, 6.45) is 0. The molecule has 0 amide bonds. The van der Waals surface area contributed by atoms with E-state index in [4.69, 9.17) is 4.98 Å². The number of para-hydroxylation sites is 2. The van der Waals surface area contributed by atoms with E-state index in [0.29, 0.717) is 0 Å². The average molecular weight is 568 g/mol. The van der Waals surface area contributed by atoms with Gasteiger partial charge in [-0.15, -0.1) is 0 Å². The van der Waals surface area contributed by atoms with Crippen molar-refractivity contribution >= 4 is 48.3 Å². The predicted molar refractivity (Wildman–Crippen MR) is 181 cm³/mol. The van der Waals surface area contributed by atoms with E-state index >= 15 is 0 Å². The lowest BCUT2D eigenvalue weighted by atomic mass is 10.0. The maximum atomic E-state index is 5.18. The van der Waals surface area contributed by atoms with Crippen molar-refractivity contribution in [3.8, 4) is 39.3 Å². The minimum atomic E-state index is 1.01. The molecule has 4 heteroatoms. The van der Waals surface area contributed by atoms with Gasteiger partial charge in [0, 0.05) is 27.6 Å². The minimum Gasteiger partial charge on any atom is -0.309 e. The molecule has 6 aromatic carbocycles. The first-order valence-electron chi connectivity index (χ1n) is 14.5. The molecule has 3 heterocycles. The molecule has 202 valence electrons. The highest BCUT2D eigenvalue weighted by Gasteiger charge is 2.20. The van der Waals surface area contributed by atoms with Crippen LogP contribution < -0.4 is 0 Å². The molecule has 0 bridgehead atoms. The Labute approximate surface area is 252 Å². The molecule has 0 aliphatic heterocycles. The van der Waals surface area contributed by atoms with E-state index in [1.54, 1.807) is 11.3 Å². The molecule has 0 unspecified atom stereocenters. The summed E-state index contributed by atoms with van der Waals surface area (Å²) in [5, 5.41) is 2.52. The molecule has 43 heavy (non-hydrogen) atoms. The summed E-state index contributed by atoms with van der Waals surface area (Å²) >= 11 is 1.74. The Bertz CT molecular complexity index is 2430. The van der Waals surface area contributed by atoms with Crippen LogP contribution in [0.4, 0.5) is 0 Å². The van der Waals surface area contributed by atoms with Gasteiger partial charge in [-0.25, -0.2) is 4.98 Å². The zero-order chi connectivity index (χ0) is 28.3. The lowest BCUT2D eigenvalue weighted by Crippen LogP contribution is -1.92. The van der Waals surface area contributed by atoms with Crippen molar-refractivity contribution in [3.05, 3.63) is 152 Å². The van der Waals surface area contributed by atoms with Gasteiger partial charge in [-0.2, -0.15) is 0 Å². The molecule has 0 saturated heterocycles. The Morgan fingerprint density at radius 3 is 1.88 bits per heavy atom. The number of imidazole rings is 1. The number of thiazole rings is 1. The maximum Gasteiger partial charge on any atom is 0.195 e. The molecular weight excluding hydrogens is 543 g/mol. The van der Waals surface area contributed by atoms with E-state index in [-0.39, 0.29) is 0 Å². The molecule has 0 N–H and O–H groups in total. The van der Waals surface area contributed by atoms with E-state index < -0.39 is 0 Å². The second-order valence-corrected chi connectivity index (χ2v) is 11.9. The van der Waals surface area contributed by atoms with Crippen LogP contribution in [0, 0.1) is 0 Å². The fraction of sp³-hybridized carbons (Fsp3) is 0. The van der Waals surface area contributed by atoms with Gasteiger partial charge in [0.25, 0.3) is 0 Å². The van der Waals surface area contributed by atoms with Crippen LogP contribution >= 0.6 is 11.3 Å². The van der Waals surface area contributed by atoms with Crippen LogP contribution in [0.25, 0.3) is 76.3 Å². The monoisotopic (exact) mass is 567 g/mol. The summed E-state index contributed by atoms with van der Waals surface area (Å²) in [5.41, 5.74) is 11.6. The number of hydrogen-bond donors (Lipinski definition) is 0. The molecule has 0 aliphatic rings. The third-order valence-electron chi connectivity index (χ3n) is 8.36. The highest BCUT2D eigenvalue weighted by atomic mass is 32.1. The zero-order valence-corrected chi connectivity index (χ0v) is 24.0. The van der Waals surface area contributed by atoms with E-state index in [0.717, 1.165) is 27.5 Å². The largest absolute Gasteiger partial charge is 0.309 e. The first-order valence-corrected chi connectivity index (χ1v) is 15.3. The van der Waals surface area contributed by atoms with E-state index in [9.17, 15) is 0 Å². The number of benzene rings is 6. The molecule has 9 rings (SSSR count). The summed E-state index contributed by atoms with van der Waals surface area (Å²) in [7, 11) is 0. The molecule has 3 aromatic heterocycles. The number of nitrogens with zero attached hydrogens (tertiary/aromatic N) is 3. The number of aromatic nitrogens is 3. The standard InChI is InChI=1S/C39H25N3S/c1-4-12-26(13-5-1)37-38(27-14-6-2-7-15-27)42-35-25-29(21-23-36(35)43-39(42)40-37)28-20-22-34-32(24-28)31-18-10-11-19-33(31)41(34)30-16-8-3-9-17-30/h1-25H. The molecule has 0 radical (unpaired) electrons. The van der Waals surface area contributed by atoms with E-state index in [1.807, 2.05) is 0 Å². The van der Waals surface area contributed by atoms with Crippen molar-refractivity contribution in [2.24, 2.45) is 0 Å². The quantitative estimate of drug-likeness (QED) is 0.207. The lowest BCUT2D eigenvalue weighted by molar-refractivity contribution is 1.18. The van der Waals surface area contributed by atoms with Gasteiger partial charge < -0.3 is 4.57 Å². The van der Waals surface area contributed by atoms with Crippen molar-refractivity contribution in [3.63, 3.8) is 0 Å². The molecular formula is C39H25N3S. The normalized spacial score (nSPS) is 11.7. The van der Waals surface area contributed by atoms with Gasteiger partial charge in [0.15, 0.2) is 4.96 Å². The van der Waals surface area contributed by atoms with Crippen molar-refractivity contribution < 1.29 is 0 Å². The van der Waals surface area contributed by atoms with Crippen molar-refractivity contribution in [1.29, 1.82) is 0 Å². The van der Waals surface area contributed by atoms with Crippen LogP contribution in [-0.2, 0) is 0 Å². The van der Waals surface area contributed by atoms with Gasteiger partial charge in [0.2, 0.25) is 0 Å². The first-order chi connectivity index (χ1) is 21.3. The Balaban J connectivity index is 1.27. The number of rotatable bonds is 4. The first kappa shape index (κ1) is 24.2.